The van der Waals surface area contributed by atoms with Crippen LogP contribution in [0.15, 0.2) is 89.9 Å². The monoisotopic (exact) mass is 498 g/mol. The third-order valence-corrected chi connectivity index (χ3v) is 6.09. The number of likely N-dealkylation sites (N-methyl/N-ethyl adjacent to an activating group) is 1. The van der Waals surface area contributed by atoms with E-state index in [1.165, 1.54) is 13.8 Å². The highest BCUT2D eigenvalue weighted by Gasteiger charge is 2.30. The van der Waals surface area contributed by atoms with Crippen LogP contribution in [0.3, 0.4) is 0 Å². The fourth-order valence-corrected chi connectivity index (χ4v) is 4.36. The van der Waals surface area contributed by atoms with E-state index in [2.05, 4.69) is 30.3 Å². The number of carbonyl (C=O) groups is 2. The summed E-state index contributed by atoms with van der Waals surface area (Å²) in [5.74, 6) is 0.269. The molecule has 0 spiro atoms. The van der Waals surface area contributed by atoms with Crippen molar-refractivity contribution in [3.05, 3.63) is 107 Å². The highest BCUT2D eigenvalue weighted by molar-refractivity contribution is 6.32. The molecule has 0 aromatic heterocycles. The number of benzene rings is 4. The Morgan fingerprint density at radius 3 is 2.31 bits per heavy atom. The second-order valence-corrected chi connectivity index (χ2v) is 9.33. The summed E-state index contributed by atoms with van der Waals surface area (Å²) in [5, 5.41) is 12.6. The molecule has 1 atom stereocenters. The molecule has 4 aromatic carbocycles. The first-order valence-electron chi connectivity index (χ1n) is 11.6. The summed E-state index contributed by atoms with van der Waals surface area (Å²) in [6.07, 6.45) is 0.483. The van der Waals surface area contributed by atoms with E-state index < -0.39 is 6.04 Å². The van der Waals surface area contributed by atoms with Crippen LogP contribution in [0.1, 0.15) is 30.5 Å². The predicted octanol–water partition coefficient (Wildman–Crippen LogP) is 6.22. The number of phenols is 1. The number of phenolic OH excluding ortho intramolecular Hbond substituents is 1. The maximum absolute atomic E-state index is 13.4. The summed E-state index contributed by atoms with van der Waals surface area (Å²) in [6.45, 7) is 3.06. The summed E-state index contributed by atoms with van der Waals surface area (Å²) < 4.78 is 0. The summed E-state index contributed by atoms with van der Waals surface area (Å²) in [4.78, 5) is 29.5. The molecule has 1 N–H and O–H groups in total. The SMILES string of the molecule is CC(C)=O.CN1C(=O)C(Cc2ccc3ccccc3c2)N=C(c2ccc(O)cc2)c2cc(Cl)ccc21. The number of aromatic hydroxyl groups is 1. The van der Waals surface area contributed by atoms with Crippen LogP contribution in [0.25, 0.3) is 10.8 Å². The van der Waals surface area contributed by atoms with Gasteiger partial charge in [0.1, 0.15) is 17.6 Å². The second-order valence-electron chi connectivity index (χ2n) is 8.89. The molecule has 5 rings (SSSR count). The first-order valence-corrected chi connectivity index (χ1v) is 12.0. The van der Waals surface area contributed by atoms with E-state index in [1.807, 2.05) is 36.4 Å². The zero-order valence-electron chi connectivity index (χ0n) is 20.4. The number of fused-ring (bicyclic) bond motifs is 2. The number of benzodiazepines with no additional fused rings is 1. The lowest BCUT2D eigenvalue weighted by Crippen LogP contribution is -2.36. The van der Waals surface area contributed by atoms with Crippen molar-refractivity contribution >= 4 is 45.5 Å². The van der Waals surface area contributed by atoms with Crippen molar-refractivity contribution in [3.63, 3.8) is 0 Å². The smallest absolute Gasteiger partial charge is 0.251 e. The van der Waals surface area contributed by atoms with Gasteiger partial charge in [0.15, 0.2) is 0 Å². The number of ketones is 1. The number of anilines is 1. The Balaban J connectivity index is 0.000000709. The summed E-state index contributed by atoms with van der Waals surface area (Å²) in [6, 6.07) is 26.2. The van der Waals surface area contributed by atoms with E-state index in [-0.39, 0.29) is 17.4 Å². The second kappa shape index (κ2) is 10.8. The number of halogens is 1. The van der Waals surface area contributed by atoms with Crippen LogP contribution in [0.4, 0.5) is 5.69 Å². The van der Waals surface area contributed by atoms with Gasteiger partial charge in [0, 0.05) is 29.6 Å². The fraction of sp³-hybridized carbons (Fsp3) is 0.167. The molecule has 1 heterocycles. The van der Waals surface area contributed by atoms with E-state index in [4.69, 9.17) is 16.6 Å². The molecule has 1 aliphatic rings. The Kier molecular flexibility index (Phi) is 7.51. The molecule has 0 radical (unpaired) electrons. The molecular weight excluding hydrogens is 472 g/mol. The maximum Gasteiger partial charge on any atom is 0.251 e. The average molecular weight is 499 g/mol. The first kappa shape index (κ1) is 25.1. The summed E-state index contributed by atoms with van der Waals surface area (Å²) in [5.41, 5.74) is 4.10. The molecule has 1 amide bonds. The van der Waals surface area contributed by atoms with Gasteiger partial charge in [-0.2, -0.15) is 0 Å². The Hall–Kier alpha value is -3.96. The van der Waals surface area contributed by atoms with Gasteiger partial charge in [-0.05, 0) is 72.6 Å². The van der Waals surface area contributed by atoms with Crippen LogP contribution in [0.2, 0.25) is 5.02 Å². The van der Waals surface area contributed by atoms with Gasteiger partial charge in [-0.25, -0.2) is 0 Å². The molecule has 0 fully saturated rings. The van der Waals surface area contributed by atoms with Crippen molar-refractivity contribution < 1.29 is 14.7 Å². The van der Waals surface area contributed by atoms with Crippen LogP contribution in [-0.4, -0.2) is 35.6 Å². The molecule has 5 nitrogen and oxygen atoms in total. The molecule has 0 saturated carbocycles. The number of rotatable bonds is 3. The lowest BCUT2D eigenvalue weighted by Gasteiger charge is -2.20. The van der Waals surface area contributed by atoms with Crippen LogP contribution in [0.5, 0.6) is 5.75 Å². The van der Waals surface area contributed by atoms with Crippen LogP contribution in [-0.2, 0) is 16.0 Å². The highest BCUT2D eigenvalue weighted by Crippen LogP contribution is 2.31. The normalized spacial score (nSPS) is 14.9. The Labute approximate surface area is 215 Å². The van der Waals surface area contributed by atoms with Crippen molar-refractivity contribution in [2.75, 3.05) is 11.9 Å². The third kappa shape index (κ3) is 5.64. The van der Waals surface area contributed by atoms with Crippen molar-refractivity contribution in [1.82, 2.24) is 0 Å². The van der Waals surface area contributed by atoms with Gasteiger partial charge in [-0.3, -0.25) is 9.79 Å². The van der Waals surface area contributed by atoms with Gasteiger partial charge < -0.3 is 14.8 Å². The number of hydrogen-bond acceptors (Lipinski definition) is 4. The van der Waals surface area contributed by atoms with Gasteiger partial charge in [-0.15, -0.1) is 0 Å². The van der Waals surface area contributed by atoms with Crippen LogP contribution >= 0.6 is 11.6 Å². The number of Topliss-reactive ketones (excluding diaryl/α,β-unsaturated/α-hetero) is 1. The Bertz CT molecular complexity index is 1460. The standard InChI is InChI=1S/C27H21ClN2O2.C3H6O/c1-30-25-13-10-21(28)16-23(25)26(19-8-11-22(31)12-9-19)29-24(27(30)32)15-17-6-7-18-4-2-3-5-20(18)14-17;1-3(2)4/h2-14,16,24,31H,15H2,1H3;1-2H3. The summed E-state index contributed by atoms with van der Waals surface area (Å²) >= 11 is 6.32. The van der Waals surface area contributed by atoms with Gasteiger partial charge in [0.2, 0.25) is 0 Å². The van der Waals surface area contributed by atoms with E-state index in [0.717, 1.165) is 33.2 Å². The van der Waals surface area contributed by atoms with Crippen molar-refractivity contribution in [2.24, 2.45) is 4.99 Å². The topological polar surface area (TPSA) is 70.0 Å². The average Bonchev–Trinajstić information content (AvgIpc) is 2.94. The Morgan fingerprint density at radius 1 is 0.944 bits per heavy atom. The first-order chi connectivity index (χ1) is 17.2. The van der Waals surface area contributed by atoms with Gasteiger partial charge in [-0.1, -0.05) is 54.1 Å². The number of aliphatic imine (C=N–C) groups is 1. The quantitative estimate of drug-likeness (QED) is 0.364. The molecule has 4 aromatic rings. The molecule has 1 aliphatic heterocycles. The molecule has 182 valence electrons. The number of nitrogens with zero attached hydrogens (tertiary/aromatic N) is 2. The van der Waals surface area contributed by atoms with Crippen LogP contribution in [0, 0.1) is 0 Å². The molecule has 6 heteroatoms. The van der Waals surface area contributed by atoms with E-state index in [0.29, 0.717) is 17.2 Å². The fourth-order valence-electron chi connectivity index (χ4n) is 4.18. The number of carbonyl (C=O) groups excluding carboxylic acids is 2. The van der Waals surface area contributed by atoms with Gasteiger partial charge >= 0.3 is 0 Å². The zero-order valence-corrected chi connectivity index (χ0v) is 21.2. The molecule has 1 unspecified atom stereocenters. The molecule has 0 saturated heterocycles. The van der Waals surface area contributed by atoms with Crippen molar-refractivity contribution in [3.8, 4) is 5.75 Å². The molecule has 0 bridgehead atoms. The molecule has 0 aliphatic carbocycles. The zero-order chi connectivity index (χ0) is 25.8. The lowest BCUT2D eigenvalue weighted by atomic mass is 9.99. The van der Waals surface area contributed by atoms with Crippen molar-refractivity contribution in [2.45, 2.75) is 26.3 Å². The Morgan fingerprint density at radius 2 is 1.61 bits per heavy atom. The van der Waals surface area contributed by atoms with E-state index >= 15 is 0 Å². The molecule has 36 heavy (non-hydrogen) atoms. The van der Waals surface area contributed by atoms with Gasteiger partial charge in [0.25, 0.3) is 5.91 Å². The minimum absolute atomic E-state index is 0.0736. The number of hydrogen-bond donors (Lipinski definition) is 1. The lowest BCUT2D eigenvalue weighted by molar-refractivity contribution is -0.119. The van der Waals surface area contributed by atoms with Gasteiger partial charge in [0.05, 0.1) is 11.4 Å². The van der Waals surface area contributed by atoms with E-state index in [9.17, 15) is 14.7 Å². The number of amides is 1. The minimum Gasteiger partial charge on any atom is -0.508 e. The maximum atomic E-state index is 13.4. The highest BCUT2D eigenvalue weighted by atomic mass is 35.5. The summed E-state index contributed by atoms with van der Waals surface area (Å²) in [7, 11) is 1.78. The molecular formula is C30H27ClN2O3. The van der Waals surface area contributed by atoms with Crippen LogP contribution < -0.4 is 4.90 Å². The van der Waals surface area contributed by atoms with E-state index in [1.54, 1.807) is 30.1 Å². The largest absolute Gasteiger partial charge is 0.508 e. The predicted molar refractivity (Wildman–Crippen MR) is 146 cm³/mol. The third-order valence-electron chi connectivity index (χ3n) is 5.86. The van der Waals surface area contributed by atoms with Crippen molar-refractivity contribution in [1.29, 1.82) is 0 Å². The minimum atomic E-state index is -0.587.